The number of halogens is 10. The average Bonchev–Trinajstić information content (AvgIpc) is 2.50. The predicted octanol–water partition coefficient (Wildman–Crippen LogP) is 2.85. The van der Waals surface area contributed by atoms with E-state index in [9.17, 15) is 52.3 Å². The second-order valence-corrected chi connectivity index (χ2v) is 5.67. The van der Waals surface area contributed by atoms with Gasteiger partial charge < -0.3 is 5.73 Å². The van der Waals surface area contributed by atoms with Gasteiger partial charge in [-0.25, -0.2) is 26.3 Å². The standard InChI is InChI=1S/C7H6F10O3S.C3H7N/c8-1(2(9)4(11)12)3(10)6(14,15)7(16,17)5(13)21(18,19)20;1-2-3-4/h1-5H,(H,18,19,20);2H,1,3-4H2. The van der Waals surface area contributed by atoms with Gasteiger partial charge in [0.2, 0.25) is 6.17 Å². The molecule has 0 radical (unpaired) electrons. The fourth-order valence-electron chi connectivity index (χ4n) is 1.02. The van der Waals surface area contributed by atoms with Crippen LogP contribution in [0.4, 0.5) is 43.9 Å². The van der Waals surface area contributed by atoms with E-state index in [1.54, 1.807) is 6.08 Å². The minimum atomic E-state index is -6.55. The average molecular weight is 417 g/mol. The Labute approximate surface area is 135 Å². The Hall–Kier alpha value is -1.09. The molecule has 0 rings (SSSR count). The molecule has 0 aliphatic carbocycles. The SMILES string of the molecule is C=CCN.O=S(=O)(O)C(F)C(F)(F)C(F)(F)C(F)C(F)C(F)C(F)F. The maximum absolute atomic E-state index is 12.9. The molecule has 0 fully saturated rings. The molecule has 152 valence electrons. The van der Waals surface area contributed by atoms with Crippen LogP contribution in [-0.2, 0) is 10.1 Å². The summed E-state index contributed by atoms with van der Waals surface area (Å²) in [4.78, 5) is 0. The lowest BCUT2D eigenvalue weighted by Gasteiger charge is -2.31. The van der Waals surface area contributed by atoms with E-state index in [4.69, 9.17) is 10.3 Å². The first-order valence-electron chi connectivity index (χ1n) is 5.87. The molecule has 0 aliphatic heterocycles. The molecule has 25 heavy (non-hydrogen) atoms. The van der Waals surface area contributed by atoms with E-state index in [0.29, 0.717) is 6.54 Å². The second kappa shape index (κ2) is 9.56. The quantitative estimate of drug-likeness (QED) is 0.362. The summed E-state index contributed by atoms with van der Waals surface area (Å²) in [6, 6.07) is 0. The highest BCUT2D eigenvalue weighted by atomic mass is 32.2. The van der Waals surface area contributed by atoms with E-state index in [2.05, 4.69) is 6.58 Å². The van der Waals surface area contributed by atoms with Gasteiger partial charge in [-0.15, -0.1) is 6.58 Å². The van der Waals surface area contributed by atoms with Crippen molar-refractivity contribution in [3.63, 3.8) is 0 Å². The normalized spacial score (nSPS) is 18.0. The first-order valence-corrected chi connectivity index (χ1v) is 7.37. The first-order chi connectivity index (χ1) is 11.0. The molecular formula is C10H13F10NO3S. The van der Waals surface area contributed by atoms with Crippen LogP contribution in [-0.4, -0.2) is 61.8 Å². The van der Waals surface area contributed by atoms with E-state index in [-0.39, 0.29) is 0 Å². The van der Waals surface area contributed by atoms with E-state index in [0.717, 1.165) is 0 Å². The van der Waals surface area contributed by atoms with E-state index >= 15 is 0 Å². The Morgan fingerprint density at radius 2 is 1.32 bits per heavy atom. The van der Waals surface area contributed by atoms with Gasteiger partial charge in [0.25, 0.3) is 11.9 Å². The molecule has 0 aliphatic rings. The van der Waals surface area contributed by atoms with Gasteiger partial charge >= 0.3 is 22.0 Å². The van der Waals surface area contributed by atoms with E-state index < -0.39 is 52.4 Å². The van der Waals surface area contributed by atoms with Crippen LogP contribution >= 0.6 is 0 Å². The summed E-state index contributed by atoms with van der Waals surface area (Å²) in [5.41, 5.74) is -0.178. The number of alkyl halides is 10. The molecule has 0 aromatic carbocycles. The maximum Gasteiger partial charge on any atom is 0.360 e. The lowest BCUT2D eigenvalue weighted by molar-refractivity contribution is -0.265. The summed E-state index contributed by atoms with van der Waals surface area (Å²) in [7, 11) is -6.47. The number of hydrogen-bond donors (Lipinski definition) is 2. The van der Waals surface area contributed by atoms with Crippen LogP contribution in [0.3, 0.4) is 0 Å². The van der Waals surface area contributed by atoms with Crippen LogP contribution in [0.2, 0.25) is 0 Å². The summed E-state index contributed by atoms with van der Waals surface area (Å²) >= 11 is 0. The monoisotopic (exact) mass is 417 g/mol. The number of nitrogens with two attached hydrogens (primary N) is 1. The minimum absolute atomic E-state index is 0.583. The summed E-state index contributed by atoms with van der Waals surface area (Å²) in [6.45, 7) is 3.94. The van der Waals surface area contributed by atoms with E-state index in [1.807, 2.05) is 0 Å². The van der Waals surface area contributed by atoms with Gasteiger partial charge in [0.15, 0.2) is 12.3 Å². The van der Waals surface area contributed by atoms with Crippen molar-refractivity contribution in [1.82, 2.24) is 0 Å². The molecule has 4 unspecified atom stereocenters. The van der Waals surface area contributed by atoms with Crippen molar-refractivity contribution in [2.24, 2.45) is 5.73 Å². The highest BCUT2D eigenvalue weighted by molar-refractivity contribution is 7.86. The molecule has 0 aromatic rings. The fourth-order valence-corrected chi connectivity index (χ4v) is 1.55. The molecule has 4 atom stereocenters. The Morgan fingerprint density at radius 1 is 0.960 bits per heavy atom. The van der Waals surface area contributed by atoms with Crippen molar-refractivity contribution < 1.29 is 56.9 Å². The molecule has 3 N–H and O–H groups in total. The van der Waals surface area contributed by atoms with Gasteiger partial charge in [0, 0.05) is 6.54 Å². The molecule has 0 saturated carbocycles. The molecule has 0 heterocycles. The highest BCUT2D eigenvalue weighted by Gasteiger charge is 2.72. The Bertz CT molecular complexity index is 515. The van der Waals surface area contributed by atoms with Crippen LogP contribution in [0.25, 0.3) is 0 Å². The van der Waals surface area contributed by atoms with Crippen molar-refractivity contribution in [2.45, 2.75) is 42.3 Å². The Balaban J connectivity index is 0. The predicted molar refractivity (Wildman–Crippen MR) is 66.3 cm³/mol. The molecule has 0 spiro atoms. The largest absolute Gasteiger partial charge is 0.360 e. The number of rotatable bonds is 8. The zero-order chi connectivity index (χ0) is 20.8. The molecule has 0 aromatic heterocycles. The van der Waals surface area contributed by atoms with Gasteiger partial charge in [-0.2, -0.15) is 26.0 Å². The van der Waals surface area contributed by atoms with Gasteiger partial charge in [-0.3, -0.25) is 4.55 Å². The van der Waals surface area contributed by atoms with Crippen LogP contribution in [0.15, 0.2) is 12.7 Å². The van der Waals surface area contributed by atoms with Gasteiger partial charge in [0.1, 0.15) is 0 Å². The lowest BCUT2D eigenvalue weighted by atomic mass is 10.0. The Morgan fingerprint density at radius 3 is 1.56 bits per heavy atom. The highest BCUT2D eigenvalue weighted by Crippen LogP contribution is 2.45. The van der Waals surface area contributed by atoms with Crippen molar-refractivity contribution in [1.29, 1.82) is 0 Å². The van der Waals surface area contributed by atoms with Crippen molar-refractivity contribution >= 4 is 10.1 Å². The Kier molecular flexibility index (Phi) is 10.0. The fraction of sp³-hybridized carbons (Fsp3) is 0.800. The third kappa shape index (κ3) is 6.62. The third-order valence-corrected chi connectivity index (χ3v) is 3.15. The van der Waals surface area contributed by atoms with Crippen molar-refractivity contribution in [2.75, 3.05) is 6.54 Å². The van der Waals surface area contributed by atoms with Crippen molar-refractivity contribution in [3.8, 4) is 0 Å². The second-order valence-electron chi connectivity index (χ2n) is 4.23. The summed E-state index contributed by atoms with van der Waals surface area (Å²) in [6.07, 6.45) is -16.5. The van der Waals surface area contributed by atoms with E-state index in [1.165, 1.54) is 0 Å². The first kappa shape index (κ1) is 26.1. The number of hydrogen-bond acceptors (Lipinski definition) is 3. The smallest absolute Gasteiger partial charge is 0.327 e. The van der Waals surface area contributed by atoms with Crippen LogP contribution < -0.4 is 5.73 Å². The maximum atomic E-state index is 12.9. The summed E-state index contributed by atoms with van der Waals surface area (Å²) in [5.74, 6) is -13.1. The van der Waals surface area contributed by atoms with Crippen LogP contribution in [0.1, 0.15) is 0 Å². The molecule has 4 nitrogen and oxygen atoms in total. The summed E-state index contributed by atoms with van der Waals surface area (Å²) < 4.78 is 153. The summed E-state index contributed by atoms with van der Waals surface area (Å²) in [5, 5.41) is 0. The molecule has 15 heteroatoms. The van der Waals surface area contributed by atoms with Gasteiger partial charge in [0.05, 0.1) is 0 Å². The topological polar surface area (TPSA) is 80.4 Å². The molecule has 0 saturated heterocycles. The molecule has 0 bridgehead atoms. The molecular weight excluding hydrogens is 404 g/mol. The lowest BCUT2D eigenvalue weighted by Crippen LogP contribution is -2.59. The molecule has 0 amide bonds. The minimum Gasteiger partial charge on any atom is -0.327 e. The van der Waals surface area contributed by atoms with Crippen molar-refractivity contribution in [3.05, 3.63) is 12.7 Å². The third-order valence-electron chi connectivity index (χ3n) is 2.33. The van der Waals surface area contributed by atoms with Crippen LogP contribution in [0, 0.1) is 0 Å². The van der Waals surface area contributed by atoms with Gasteiger partial charge in [-0.05, 0) is 0 Å². The zero-order valence-corrected chi connectivity index (χ0v) is 12.7. The van der Waals surface area contributed by atoms with Gasteiger partial charge in [-0.1, -0.05) is 6.08 Å². The zero-order valence-electron chi connectivity index (χ0n) is 11.9. The van der Waals surface area contributed by atoms with Crippen LogP contribution in [0.5, 0.6) is 0 Å².